The van der Waals surface area contributed by atoms with E-state index in [9.17, 15) is 0 Å². The number of guanidine groups is 1. The number of aryl methyl sites for hydroxylation is 1. The van der Waals surface area contributed by atoms with E-state index in [0.29, 0.717) is 0 Å². The van der Waals surface area contributed by atoms with Crippen LogP contribution in [0.15, 0.2) is 46.8 Å². The Morgan fingerprint density at radius 2 is 2.00 bits per heavy atom. The highest BCUT2D eigenvalue weighted by atomic mass is 32.1. The van der Waals surface area contributed by atoms with Crippen LogP contribution < -0.4 is 5.32 Å². The van der Waals surface area contributed by atoms with Gasteiger partial charge in [0.25, 0.3) is 0 Å². The maximum atomic E-state index is 4.36. The summed E-state index contributed by atoms with van der Waals surface area (Å²) in [5.74, 6) is 0.937. The molecule has 1 heterocycles. The zero-order valence-corrected chi connectivity index (χ0v) is 13.8. The molecule has 0 fully saturated rings. The van der Waals surface area contributed by atoms with Gasteiger partial charge in [-0.05, 0) is 30.4 Å². The number of nitrogens with one attached hydrogen (secondary N) is 1. The lowest BCUT2D eigenvalue weighted by Crippen LogP contribution is -2.39. The lowest BCUT2D eigenvalue weighted by Gasteiger charge is -2.22. The quantitative estimate of drug-likeness (QED) is 0.678. The average molecular weight is 301 g/mol. The van der Waals surface area contributed by atoms with Gasteiger partial charge in [0.05, 0.1) is 0 Å². The Balaban J connectivity index is 1.83. The van der Waals surface area contributed by atoms with Gasteiger partial charge in [-0.25, -0.2) is 0 Å². The molecular weight excluding hydrogens is 278 g/mol. The summed E-state index contributed by atoms with van der Waals surface area (Å²) >= 11 is 1.81. The number of hydrogen-bond donors (Lipinski definition) is 1. The number of aliphatic imine (C=N–C) groups is 1. The third-order valence-electron chi connectivity index (χ3n) is 3.42. The predicted octanol–water partition coefficient (Wildman–Crippen LogP) is 3.31. The Hall–Kier alpha value is -1.81. The zero-order chi connectivity index (χ0) is 15.1. The Morgan fingerprint density at radius 3 is 2.62 bits per heavy atom. The lowest BCUT2D eigenvalue weighted by atomic mass is 10.1. The smallest absolute Gasteiger partial charge is 0.193 e. The molecule has 21 heavy (non-hydrogen) atoms. The first kappa shape index (κ1) is 15.6. The van der Waals surface area contributed by atoms with Crippen LogP contribution in [0.5, 0.6) is 0 Å². The van der Waals surface area contributed by atoms with Gasteiger partial charge in [0.2, 0.25) is 0 Å². The highest BCUT2D eigenvalue weighted by Crippen LogP contribution is 2.09. The molecule has 0 radical (unpaired) electrons. The predicted molar refractivity (Wildman–Crippen MR) is 92.0 cm³/mol. The van der Waals surface area contributed by atoms with Gasteiger partial charge in [-0.2, -0.15) is 0 Å². The average Bonchev–Trinajstić information content (AvgIpc) is 3.01. The molecule has 2 rings (SSSR count). The van der Waals surface area contributed by atoms with Crippen LogP contribution in [0.2, 0.25) is 0 Å². The first-order chi connectivity index (χ1) is 10.2. The van der Waals surface area contributed by atoms with Gasteiger partial charge in [-0.1, -0.05) is 35.9 Å². The van der Waals surface area contributed by atoms with E-state index in [1.54, 1.807) is 0 Å². The molecule has 1 N–H and O–H groups in total. The Labute approximate surface area is 131 Å². The van der Waals surface area contributed by atoms with Gasteiger partial charge in [0.15, 0.2) is 5.96 Å². The standard InChI is InChI=1S/C17H23N3S/c1-14-6-8-15(9-7-14)13-19-17(18-2)20(3)11-10-16-5-4-12-21-16/h4-9,12H,10-11,13H2,1-3H3,(H,18,19). The number of benzene rings is 1. The summed E-state index contributed by atoms with van der Waals surface area (Å²) in [7, 11) is 3.91. The van der Waals surface area contributed by atoms with Crippen LogP contribution in [0.25, 0.3) is 0 Å². The van der Waals surface area contributed by atoms with Crippen molar-refractivity contribution in [1.82, 2.24) is 10.2 Å². The van der Waals surface area contributed by atoms with Crippen molar-refractivity contribution in [2.75, 3.05) is 20.6 Å². The molecule has 0 saturated heterocycles. The van der Waals surface area contributed by atoms with Crippen molar-refractivity contribution in [3.05, 3.63) is 57.8 Å². The first-order valence-electron chi connectivity index (χ1n) is 7.19. The van der Waals surface area contributed by atoms with E-state index in [2.05, 4.69) is 71.0 Å². The number of likely N-dealkylation sites (N-methyl/N-ethyl adjacent to an activating group) is 1. The zero-order valence-electron chi connectivity index (χ0n) is 13.0. The molecular formula is C17H23N3S. The summed E-state index contributed by atoms with van der Waals surface area (Å²) in [5, 5.41) is 5.54. The normalized spacial score (nSPS) is 11.5. The molecule has 0 aliphatic carbocycles. The molecule has 1 aromatic carbocycles. The molecule has 0 spiro atoms. The van der Waals surface area contributed by atoms with Gasteiger partial charge in [0, 0.05) is 32.1 Å². The fraction of sp³-hybridized carbons (Fsp3) is 0.353. The fourth-order valence-electron chi connectivity index (χ4n) is 2.11. The minimum Gasteiger partial charge on any atom is -0.352 e. The van der Waals surface area contributed by atoms with Crippen molar-refractivity contribution in [1.29, 1.82) is 0 Å². The van der Waals surface area contributed by atoms with E-state index in [4.69, 9.17) is 0 Å². The summed E-state index contributed by atoms with van der Waals surface area (Å²) in [5.41, 5.74) is 2.56. The van der Waals surface area contributed by atoms with Gasteiger partial charge in [0.1, 0.15) is 0 Å². The van der Waals surface area contributed by atoms with E-state index < -0.39 is 0 Å². The number of nitrogens with zero attached hydrogens (tertiary/aromatic N) is 2. The largest absolute Gasteiger partial charge is 0.352 e. The van der Waals surface area contributed by atoms with Crippen molar-refractivity contribution in [2.45, 2.75) is 19.9 Å². The molecule has 0 amide bonds. The second kappa shape index (κ2) is 7.84. The summed E-state index contributed by atoms with van der Waals surface area (Å²) in [6.45, 7) is 3.87. The van der Waals surface area contributed by atoms with Gasteiger partial charge in [-0.3, -0.25) is 4.99 Å². The molecule has 2 aromatic rings. The van der Waals surface area contributed by atoms with Crippen LogP contribution in [0.1, 0.15) is 16.0 Å². The van der Waals surface area contributed by atoms with Crippen molar-refractivity contribution in [2.24, 2.45) is 4.99 Å². The van der Waals surface area contributed by atoms with Crippen molar-refractivity contribution < 1.29 is 0 Å². The molecule has 0 saturated carbocycles. The Morgan fingerprint density at radius 1 is 1.24 bits per heavy atom. The summed E-state index contributed by atoms with van der Waals surface area (Å²) in [6, 6.07) is 12.9. The highest BCUT2D eigenvalue weighted by molar-refractivity contribution is 7.09. The SMILES string of the molecule is CN=C(NCc1ccc(C)cc1)N(C)CCc1cccs1. The Bertz CT molecular complexity index is 558. The fourth-order valence-corrected chi connectivity index (χ4v) is 2.81. The molecule has 3 nitrogen and oxygen atoms in total. The lowest BCUT2D eigenvalue weighted by molar-refractivity contribution is 0.486. The van der Waals surface area contributed by atoms with E-state index in [-0.39, 0.29) is 0 Å². The van der Waals surface area contributed by atoms with E-state index in [1.807, 2.05) is 18.4 Å². The Kier molecular flexibility index (Phi) is 5.81. The monoisotopic (exact) mass is 301 g/mol. The molecule has 0 aliphatic heterocycles. The van der Waals surface area contributed by atoms with Crippen LogP contribution in [-0.4, -0.2) is 31.5 Å². The molecule has 0 unspecified atom stereocenters. The van der Waals surface area contributed by atoms with Crippen LogP contribution in [0.3, 0.4) is 0 Å². The van der Waals surface area contributed by atoms with Gasteiger partial charge >= 0.3 is 0 Å². The molecule has 4 heteroatoms. The summed E-state index contributed by atoms with van der Waals surface area (Å²) < 4.78 is 0. The second-order valence-electron chi connectivity index (χ2n) is 5.14. The molecule has 0 bridgehead atoms. The molecule has 112 valence electrons. The summed E-state index contributed by atoms with van der Waals surface area (Å²) in [6.07, 6.45) is 1.05. The van der Waals surface area contributed by atoms with Crippen molar-refractivity contribution in [3.8, 4) is 0 Å². The minimum atomic E-state index is 0.802. The summed E-state index contributed by atoms with van der Waals surface area (Å²) in [4.78, 5) is 7.94. The van der Waals surface area contributed by atoms with E-state index >= 15 is 0 Å². The second-order valence-corrected chi connectivity index (χ2v) is 6.17. The topological polar surface area (TPSA) is 27.6 Å². The molecule has 0 atom stereocenters. The van der Waals surface area contributed by atoms with Crippen LogP contribution in [0, 0.1) is 6.92 Å². The number of hydrogen-bond acceptors (Lipinski definition) is 2. The molecule has 0 aliphatic rings. The third kappa shape index (κ3) is 4.90. The number of rotatable bonds is 5. The van der Waals surface area contributed by atoms with Gasteiger partial charge < -0.3 is 10.2 Å². The maximum Gasteiger partial charge on any atom is 0.193 e. The minimum absolute atomic E-state index is 0.802. The first-order valence-corrected chi connectivity index (χ1v) is 8.06. The van der Waals surface area contributed by atoms with E-state index in [0.717, 1.165) is 25.5 Å². The molecule has 1 aromatic heterocycles. The van der Waals surface area contributed by atoms with Crippen molar-refractivity contribution in [3.63, 3.8) is 0 Å². The van der Waals surface area contributed by atoms with Gasteiger partial charge in [-0.15, -0.1) is 11.3 Å². The van der Waals surface area contributed by atoms with Crippen LogP contribution >= 0.6 is 11.3 Å². The highest BCUT2D eigenvalue weighted by Gasteiger charge is 2.06. The third-order valence-corrected chi connectivity index (χ3v) is 4.35. The van der Waals surface area contributed by atoms with Crippen LogP contribution in [-0.2, 0) is 13.0 Å². The number of thiophene rings is 1. The van der Waals surface area contributed by atoms with Crippen molar-refractivity contribution >= 4 is 17.3 Å². The van der Waals surface area contributed by atoms with Crippen LogP contribution in [0.4, 0.5) is 0 Å². The van der Waals surface area contributed by atoms with E-state index in [1.165, 1.54) is 16.0 Å². The maximum absolute atomic E-state index is 4.36.